The summed E-state index contributed by atoms with van der Waals surface area (Å²) in [6.07, 6.45) is 16.1. The van der Waals surface area contributed by atoms with Crippen molar-refractivity contribution >= 4 is 12.7 Å². The summed E-state index contributed by atoms with van der Waals surface area (Å²) in [7, 11) is 0. The first-order valence-electron chi connectivity index (χ1n) is 12.0. The molecule has 2 aliphatic heterocycles. The summed E-state index contributed by atoms with van der Waals surface area (Å²) in [5, 5.41) is 0. The summed E-state index contributed by atoms with van der Waals surface area (Å²) in [4.78, 5) is 12.5. The van der Waals surface area contributed by atoms with Crippen LogP contribution in [0, 0.1) is 11.3 Å². The SMILES string of the molecule is CC1=CCC[C@](C)(COC(=O)c2ccccc2)[C@@H]1CCB1C2CCCC1CCC2. The van der Waals surface area contributed by atoms with Gasteiger partial charge in [0.1, 0.15) is 6.71 Å². The number of hydrogen-bond donors (Lipinski definition) is 0. The highest BCUT2D eigenvalue weighted by atomic mass is 16.5. The number of hydrogen-bond acceptors (Lipinski definition) is 2. The minimum Gasteiger partial charge on any atom is -0.461 e. The summed E-state index contributed by atoms with van der Waals surface area (Å²) in [6.45, 7) is 6.15. The third kappa shape index (κ3) is 4.65. The number of allylic oxidation sites excluding steroid dienone is 2. The van der Waals surface area contributed by atoms with E-state index in [4.69, 9.17) is 4.74 Å². The molecule has 4 rings (SSSR count). The summed E-state index contributed by atoms with van der Waals surface area (Å²) < 4.78 is 5.85. The second-order valence-electron chi connectivity index (χ2n) is 10.3. The molecule has 0 N–H and O–H groups in total. The maximum atomic E-state index is 12.5. The molecular weight excluding hydrogens is 355 g/mol. The average molecular weight is 392 g/mol. The molecule has 1 aliphatic carbocycles. The number of rotatable bonds is 6. The zero-order valence-electron chi connectivity index (χ0n) is 18.4. The predicted octanol–water partition coefficient (Wildman–Crippen LogP) is 7.20. The normalized spacial score (nSPS) is 31.9. The molecule has 2 heterocycles. The Balaban J connectivity index is 1.40. The predicted molar refractivity (Wildman–Crippen MR) is 122 cm³/mol. The monoisotopic (exact) mass is 392 g/mol. The Bertz CT molecular complexity index is 705. The summed E-state index contributed by atoms with van der Waals surface area (Å²) in [5.41, 5.74) is 2.24. The van der Waals surface area contributed by atoms with Crippen molar-refractivity contribution in [2.45, 2.75) is 89.6 Å². The van der Waals surface area contributed by atoms with Gasteiger partial charge in [-0.1, -0.05) is 99.7 Å². The van der Waals surface area contributed by atoms with Crippen molar-refractivity contribution in [3.8, 4) is 0 Å². The molecule has 3 aliphatic rings. The lowest BCUT2D eigenvalue weighted by atomic mass is 9.25. The molecule has 1 aromatic carbocycles. The van der Waals surface area contributed by atoms with Crippen LogP contribution in [0.1, 0.15) is 82.0 Å². The summed E-state index contributed by atoms with van der Waals surface area (Å²) in [6, 6.07) is 9.42. The molecule has 0 unspecified atom stereocenters. The second-order valence-corrected chi connectivity index (χ2v) is 10.3. The van der Waals surface area contributed by atoms with Gasteiger partial charge in [0.05, 0.1) is 12.2 Å². The van der Waals surface area contributed by atoms with Gasteiger partial charge in [0.2, 0.25) is 0 Å². The Morgan fingerprint density at radius 2 is 1.76 bits per heavy atom. The van der Waals surface area contributed by atoms with E-state index in [-0.39, 0.29) is 11.4 Å². The van der Waals surface area contributed by atoms with Crippen LogP contribution in [0.5, 0.6) is 0 Å². The second kappa shape index (κ2) is 9.10. The van der Waals surface area contributed by atoms with Gasteiger partial charge in [-0.3, -0.25) is 0 Å². The molecule has 0 spiro atoms. The van der Waals surface area contributed by atoms with Crippen LogP contribution in [-0.4, -0.2) is 19.3 Å². The fraction of sp³-hybridized carbons (Fsp3) is 0.654. The highest BCUT2D eigenvalue weighted by molar-refractivity contribution is 6.62. The minimum atomic E-state index is -0.181. The fourth-order valence-electron chi connectivity index (χ4n) is 6.78. The highest BCUT2D eigenvalue weighted by Gasteiger charge is 2.42. The Morgan fingerprint density at radius 3 is 2.41 bits per heavy atom. The standard InChI is InChI=1S/C26H37BO2/c1-20-9-8-17-26(2,19-29-25(28)21-10-4-3-5-11-21)24(20)16-18-27-22-12-6-13-23(27)15-7-14-22/h3-5,9-11,22-24H,6-8,12-19H2,1-2H3/t22?,23?,24-,26-/m1/s1. The number of benzene rings is 1. The van der Waals surface area contributed by atoms with E-state index in [1.54, 1.807) is 0 Å². The van der Waals surface area contributed by atoms with E-state index in [1.807, 2.05) is 30.3 Å². The lowest BCUT2D eigenvalue weighted by molar-refractivity contribution is 0.0156. The van der Waals surface area contributed by atoms with Crippen molar-refractivity contribution in [2.24, 2.45) is 11.3 Å². The van der Waals surface area contributed by atoms with Crippen LogP contribution in [0.25, 0.3) is 0 Å². The largest absolute Gasteiger partial charge is 0.461 e. The Labute approximate surface area is 177 Å². The van der Waals surface area contributed by atoms with Crippen LogP contribution >= 0.6 is 0 Å². The van der Waals surface area contributed by atoms with Gasteiger partial charge < -0.3 is 4.74 Å². The third-order valence-corrected chi connectivity index (χ3v) is 8.41. The highest BCUT2D eigenvalue weighted by Crippen LogP contribution is 2.50. The van der Waals surface area contributed by atoms with Crippen molar-refractivity contribution in [2.75, 3.05) is 6.61 Å². The van der Waals surface area contributed by atoms with Crippen LogP contribution < -0.4 is 0 Å². The van der Waals surface area contributed by atoms with E-state index in [0.29, 0.717) is 18.1 Å². The molecule has 0 radical (unpaired) electrons. The molecule has 1 aromatic rings. The van der Waals surface area contributed by atoms with Crippen molar-refractivity contribution in [3.05, 3.63) is 47.5 Å². The molecule has 3 heteroatoms. The van der Waals surface area contributed by atoms with E-state index in [0.717, 1.165) is 31.2 Å². The molecule has 2 saturated heterocycles. The van der Waals surface area contributed by atoms with Gasteiger partial charge in [0.15, 0.2) is 0 Å². The van der Waals surface area contributed by atoms with Gasteiger partial charge in [0.25, 0.3) is 0 Å². The molecular formula is C26H37BO2. The number of esters is 1. The maximum Gasteiger partial charge on any atom is 0.338 e. The molecule has 2 fully saturated rings. The van der Waals surface area contributed by atoms with E-state index >= 15 is 0 Å². The first-order chi connectivity index (χ1) is 14.1. The Hall–Kier alpha value is -1.51. The summed E-state index contributed by atoms with van der Waals surface area (Å²) in [5.74, 6) is 2.33. The molecule has 2 nitrogen and oxygen atoms in total. The van der Waals surface area contributed by atoms with Gasteiger partial charge in [-0.25, -0.2) is 4.79 Å². The maximum absolute atomic E-state index is 12.5. The van der Waals surface area contributed by atoms with Crippen LogP contribution in [0.4, 0.5) is 0 Å². The average Bonchev–Trinajstić information content (AvgIpc) is 2.72. The van der Waals surface area contributed by atoms with Gasteiger partial charge in [-0.05, 0) is 37.8 Å². The van der Waals surface area contributed by atoms with E-state index in [1.165, 1.54) is 56.8 Å². The molecule has 156 valence electrons. The molecule has 2 bridgehead atoms. The molecule has 2 atom stereocenters. The molecule has 0 saturated carbocycles. The lowest BCUT2D eigenvalue weighted by Crippen LogP contribution is -2.39. The molecule has 0 aromatic heterocycles. The van der Waals surface area contributed by atoms with Gasteiger partial charge >= 0.3 is 5.97 Å². The number of fused-ring (bicyclic) bond motifs is 2. The Morgan fingerprint density at radius 1 is 1.10 bits per heavy atom. The van der Waals surface area contributed by atoms with Crippen molar-refractivity contribution in [3.63, 3.8) is 0 Å². The number of ether oxygens (including phenoxy) is 1. The van der Waals surface area contributed by atoms with Crippen LogP contribution in [0.2, 0.25) is 18.0 Å². The van der Waals surface area contributed by atoms with Gasteiger partial charge in [-0.15, -0.1) is 0 Å². The fourth-order valence-corrected chi connectivity index (χ4v) is 6.78. The quantitative estimate of drug-likeness (QED) is 0.291. The smallest absolute Gasteiger partial charge is 0.338 e. The van der Waals surface area contributed by atoms with Crippen molar-refractivity contribution in [1.82, 2.24) is 0 Å². The molecule has 0 amide bonds. The Kier molecular flexibility index (Phi) is 6.52. The van der Waals surface area contributed by atoms with Crippen molar-refractivity contribution in [1.29, 1.82) is 0 Å². The van der Waals surface area contributed by atoms with Gasteiger partial charge in [0, 0.05) is 5.41 Å². The molecule has 29 heavy (non-hydrogen) atoms. The minimum absolute atomic E-state index is 0.0626. The summed E-state index contributed by atoms with van der Waals surface area (Å²) >= 11 is 0. The zero-order chi connectivity index (χ0) is 20.3. The van der Waals surface area contributed by atoms with Crippen LogP contribution in [0.15, 0.2) is 42.0 Å². The lowest BCUT2D eigenvalue weighted by Gasteiger charge is -2.44. The zero-order valence-corrected chi connectivity index (χ0v) is 18.4. The van der Waals surface area contributed by atoms with Crippen LogP contribution in [0.3, 0.4) is 0 Å². The van der Waals surface area contributed by atoms with E-state index < -0.39 is 0 Å². The van der Waals surface area contributed by atoms with Gasteiger partial charge in [-0.2, -0.15) is 0 Å². The third-order valence-electron chi connectivity index (χ3n) is 8.41. The van der Waals surface area contributed by atoms with E-state index in [2.05, 4.69) is 19.9 Å². The number of carbonyl (C=O) groups excluding carboxylic acids is 1. The first-order valence-corrected chi connectivity index (χ1v) is 12.0. The number of carbonyl (C=O) groups is 1. The van der Waals surface area contributed by atoms with Crippen molar-refractivity contribution < 1.29 is 9.53 Å². The van der Waals surface area contributed by atoms with Crippen LogP contribution in [-0.2, 0) is 4.74 Å². The topological polar surface area (TPSA) is 26.3 Å². The first kappa shape index (κ1) is 20.8. The van der Waals surface area contributed by atoms with E-state index in [9.17, 15) is 4.79 Å².